The monoisotopic (exact) mass is 248 g/mol. The summed E-state index contributed by atoms with van der Waals surface area (Å²) in [5.74, 6) is 6.45. The molecule has 5 heteroatoms. The number of hydrogen-bond donors (Lipinski definition) is 3. The van der Waals surface area contributed by atoms with Crippen molar-refractivity contribution in [2.75, 3.05) is 5.43 Å². The fraction of sp³-hybridized carbons (Fsp3) is 0.538. The zero-order chi connectivity index (χ0) is 13.1. The molecule has 4 N–H and O–H groups in total. The molecule has 1 aliphatic rings. The second-order valence-corrected chi connectivity index (χ2v) is 4.89. The van der Waals surface area contributed by atoms with Gasteiger partial charge in [-0.25, -0.2) is 10.8 Å². The number of carbonyl (C=O) groups is 1. The molecule has 1 heterocycles. The van der Waals surface area contributed by atoms with Crippen LogP contribution in [0, 0.1) is 12.8 Å². The molecule has 1 aromatic heterocycles. The zero-order valence-corrected chi connectivity index (χ0v) is 10.9. The van der Waals surface area contributed by atoms with Crippen molar-refractivity contribution in [3.63, 3.8) is 0 Å². The molecule has 1 aromatic rings. The van der Waals surface area contributed by atoms with Crippen molar-refractivity contribution in [3.8, 4) is 0 Å². The van der Waals surface area contributed by atoms with Crippen LogP contribution in [-0.4, -0.2) is 16.9 Å². The van der Waals surface area contributed by atoms with E-state index in [1.54, 1.807) is 12.1 Å². The summed E-state index contributed by atoms with van der Waals surface area (Å²) in [7, 11) is 0. The van der Waals surface area contributed by atoms with Crippen LogP contribution in [0.2, 0.25) is 0 Å². The number of hydrazine groups is 1. The maximum Gasteiger partial charge on any atom is 0.251 e. The van der Waals surface area contributed by atoms with Gasteiger partial charge in [-0.2, -0.15) is 0 Å². The van der Waals surface area contributed by atoms with Gasteiger partial charge in [0, 0.05) is 17.3 Å². The van der Waals surface area contributed by atoms with E-state index in [1.165, 1.54) is 12.8 Å². The number of aromatic nitrogens is 1. The Morgan fingerprint density at radius 2 is 2.33 bits per heavy atom. The molecule has 5 nitrogen and oxygen atoms in total. The van der Waals surface area contributed by atoms with Crippen molar-refractivity contribution in [1.29, 1.82) is 0 Å². The number of nitrogens with zero attached hydrogens (tertiary/aromatic N) is 1. The van der Waals surface area contributed by atoms with Crippen molar-refractivity contribution < 1.29 is 4.79 Å². The average Bonchev–Trinajstić information content (AvgIpc) is 3.07. The number of amides is 1. The third kappa shape index (κ3) is 2.98. The molecule has 1 amide bonds. The number of pyridine rings is 1. The van der Waals surface area contributed by atoms with Crippen molar-refractivity contribution >= 4 is 11.7 Å². The van der Waals surface area contributed by atoms with Crippen molar-refractivity contribution in [3.05, 3.63) is 23.4 Å². The fourth-order valence-corrected chi connectivity index (χ4v) is 2.24. The Balaban J connectivity index is 1.99. The van der Waals surface area contributed by atoms with E-state index in [-0.39, 0.29) is 5.91 Å². The second-order valence-electron chi connectivity index (χ2n) is 4.89. The first-order valence-electron chi connectivity index (χ1n) is 6.40. The van der Waals surface area contributed by atoms with Crippen LogP contribution in [0.4, 0.5) is 5.82 Å². The van der Waals surface area contributed by atoms with Gasteiger partial charge in [-0.15, -0.1) is 0 Å². The normalized spacial score (nSPS) is 21.5. The minimum Gasteiger partial charge on any atom is -0.349 e. The number of nitrogen functional groups attached to an aromatic ring is 1. The molecule has 18 heavy (non-hydrogen) atoms. The van der Waals surface area contributed by atoms with E-state index < -0.39 is 0 Å². The van der Waals surface area contributed by atoms with Gasteiger partial charge in [0.1, 0.15) is 5.82 Å². The second kappa shape index (κ2) is 5.35. The number of anilines is 1. The molecule has 0 aromatic carbocycles. The summed E-state index contributed by atoms with van der Waals surface area (Å²) in [5.41, 5.74) is 3.85. The Morgan fingerprint density at radius 1 is 1.56 bits per heavy atom. The lowest BCUT2D eigenvalue weighted by Crippen LogP contribution is -2.27. The van der Waals surface area contributed by atoms with Crippen molar-refractivity contribution in [2.45, 2.75) is 39.2 Å². The molecule has 0 saturated heterocycles. The number of nitrogens with two attached hydrogens (primary N) is 1. The largest absolute Gasteiger partial charge is 0.349 e. The molecular weight excluding hydrogens is 228 g/mol. The number of hydrogen-bond acceptors (Lipinski definition) is 4. The molecule has 0 spiro atoms. The Hall–Kier alpha value is -1.62. The zero-order valence-electron chi connectivity index (χ0n) is 10.9. The van der Waals surface area contributed by atoms with E-state index in [2.05, 4.69) is 22.7 Å². The van der Waals surface area contributed by atoms with Crippen LogP contribution >= 0.6 is 0 Å². The quantitative estimate of drug-likeness (QED) is 0.546. The molecular formula is C13H20N4O. The number of aryl methyl sites for hydroxylation is 1. The van der Waals surface area contributed by atoms with Crippen LogP contribution < -0.4 is 16.6 Å². The third-order valence-electron chi connectivity index (χ3n) is 3.26. The Morgan fingerprint density at radius 3 is 3.00 bits per heavy atom. The molecule has 1 fully saturated rings. The van der Waals surface area contributed by atoms with Gasteiger partial charge in [0.15, 0.2) is 0 Å². The van der Waals surface area contributed by atoms with Crippen LogP contribution in [0.5, 0.6) is 0 Å². The molecule has 2 unspecified atom stereocenters. The lowest BCUT2D eigenvalue weighted by atomic mass is 10.2. The summed E-state index contributed by atoms with van der Waals surface area (Å²) in [6, 6.07) is 3.78. The fourth-order valence-electron chi connectivity index (χ4n) is 2.24. The van der Waals surface area contributed by atoms with Gasteiger partial charge < -0.3 is 10.7 Å². The van der Waals surface area contributed by atoms with E-state index in [4.69, 9.17) is 5.84 Å². The summed E-state index contributed by atoms with van der Waals surface area (Å²) in [6.07, 6.45) is 3.47. The highest BCUT2D eigenvalue weighted by atomic mass is 16.1. The first-order valence-corrected chi connectivity index (χ1v) is 6.40. The number of rotatable bonds is 5. The highest BCUT2D eigenvalue weighted by Gasteiger charge is 2.37. The van der Waals surface area contributed by atoms with Crippen LogP contribution in [0.25, 0.3) is 0 Å². The molecule has 2 atom stereocenters. The van der Waals surface area contributed by atoms with E-state index in [0.29, 0.717) is 23.3 Å². The van der Waals surface area contributed by atoms with Crippen molar-refractivity contribution in [1.82, 2.24) is 10.3 Å². The van der Waals surface area contributed by atoms with E-state index in [1.807, 2.05) is 6.92 Å². The van der Waals surface area contributed by atoms with Gasteiger partial charge >= 0.3 is 0 Å². The summed E-state index contributed by atoms with van der Waals surface area (Å²) in [6.45, 7) is 4.01. The van der Waals surface area contributed by atoms with Gasteiger partial charge in [0.2, 0.25) is 0 Å². The van der Waals surface area contributed by atoms with Crippen LogP contribution in [0.1, 0.15) is 42.2 Å². The van der Waals surface area contributed by atoms with Gasteiger partial charge in [0.25, 0.3) is 5.91 Å². The predicted octanol–water partition coefficient (Wildman–Crippen LogP) is 1.59. The minimum absolute atomic E-state index is 0.0411. The lowest BCUT2D eigenvalue weighted by Gasteiger charge is -2.07. The van der Waals surface area contributed by atoms with E-state index in [0.717, 1.165) is 12.1 Å². The van der Waals surface area contributed by atoms with Crippen LogP contribution in [-0.2, 0) is 0 Å². The van der Waals surface area contributed by atoms with Gasteiger partial charge in [-0.1, -0.05) is 13.3 Å². The minimum atomic E-state index is -0.0411. The highest BCUT2D eigenvalue weighted by Crippen LogP contribution is 2.34. The molecule has 1 aliphatic carbocycles. The SMILES string of the molecule is CCCC1CC1NC(=O)c1cc(C)nc(NN)c1. The maximum absolute atomic E-state index is 12.1. The molecule has 98 valence electrons. The van der Waals surface area contributed by atoms with E-state index >= 15 is 0 Å². The predicted molar refractivity (Wildman–Crippen MR) is 71.1 cm³/mol. The highest BCUT2D eigenvalue weighted by molar-refractivity contribution is 5.95. The first kappa shape index (κ1) is 12.8. The molecule has 0 aliphatic heterocycles. The number of carbonyl (C=O) groups excluding carboxylic acids is 1. The average molecular weight is 248 g/mol. The van der Waals surface area contributed by atoms with Gasteiger partial charge in [-0.3, -0.25) is 4.79 Å². The molecule has 0 bridgehead atoms. The summed E-state index contributed by atoms with van der Waals surface area (Å²) in [4.78, 5) is 16.2. The third-order valence-corrected chi connectivity index (χ3v) is 3.26. The van der Waals surface area contributed by atoms with Gasteiger partial charge in [0.05, 0.1) is 0 Å². The Bertz CT molecular complexity index is 447. The first-order chi connectivity index (χ1) is 8.63. The van der Waals surface area contributed by atoms with Crippen LogP contribution in [0.15, 0.2) is 12.1 Å². The van der Waals surface area contributed by atoms with E-state index in [9.17, 15) is 4.79 Å². The van der Waals surface area contributed by atoms with Crippen molar-refractivity contribution in [2.24, 2.45) is 11.8 Å². The Kier molecular flexibility index (Phi) is 3.81. The Labute approximate surface area is 107 Å². The standard InChI is InChI=1S/C13H20N4O/c1-3-4-9-6-11(9)16-13(18)10-5-8(2)15-12(7-10)17-14/h5,7,9,11H,3-4,6,14H2,1-2H3,(H,15,17)(H,16,18). The maximum atomic E-state index is 12.1. The lowest BCUT2D eigenvalue weighted by molar-refractivity contribution is 0.0948. The molecule has 0 radical (unpaired) electrons. The summed E-state index contributed by atoms with van der Waals surface area (Å²) in [5, 5.41) is 3.05. The topological polar surface area (TPSA) is 80.0 Å². The summed E-state index contributed by atoms with van der Waals surface area (Å²) < 4.78 is 0. The number of nitrogens with one attached hydrogen (secondary N) is 2. The van der Waals surface area contributed by atoms with Gasteiger partial charge in [-0.05, 0) is 37.8 Å². The van der Waals surface area contributed by atoms with Crippen LogP contribution in [0.3, 0.4) is 0 Å². The smallest absolute Gasteiger partial charge is 0.251 e. The molecule has 2 rings (SSSR count). The summed E-state index contributed by atoms with van der Waals surface area (Å²) >= 11 is 0. The molecule has 1 saturated carbocycles.